The first-order chi connectivity index (χ1) is 11.6. The molecule has 1 aromatic carbocycles. The maximum absolute atomic E-state index is 12.8. The Balaban J connectivity index is 1.40. The molecule has 1 unspecified atom stereocenters. The Bertz CT molecular complexity index is 595. The van der Waals surface area contributed by atoms with Crippen molar-refractivity contribution in [3.05, 3.63) is 35.9 Å². The van der Waals surface area contributed by atoms with Crippen molar-refractivity contribution in [2.24, 2.45) is 5.92 Å². The number of hydrogen-bond donors (Lipinski definition) is 2. The lowest BCUT2D eigenvalue weighted by Crippen LogP contribution is -2.59. The maximum atomic E-state index is 12.8. The molecule has 1 heterocycles. The van der Waals surface area contributed by atoms with Crippen LogP contribution in [0.1, 0.15) is 50.5 Å². The Morgan fingerprint density at radius 1 is 1.12 bits per heavy atom. The quantitative estimate of drug-likeness (QED) is 0.843. The third kappa shape index (κ3) is 2.98. The van der Waals surface area contributed by atoms with Crippen LogP contribution in [0.3, 0.4) is 0 Å². The van der Waals surface area contributed by atoms with Gasteiger partial charge in [0.25, 0.3) is 5.91 Å². The van der Waals surface area contributed by atoms with Gasteiger partial charge >= 0.3 is 0 Å². The summed E-state index contributed by atoms with van der Waals surface area (Å²) in [6, 6.07) is 10.4. The highest BCUT2D eigenvalue weighted by Crippen LogP contribution is 2.45. The highest BCUT2D eigenvalue weighted by molar-refractivity contribution is 5.86. The van der Waals surface area contributed by atoms with Gasteiger partial charge in [0.1, 0.15) is 0 Å². The van der Waals surface area contributed by atoms with E-state index in [-0.39, 0.29) is 11.4 Å². The first-order valence-corrected chi connectivity index (χ1v) is 9.44. The molecule has 130 valence electrons. The van der Waals surface area contributed by atoms with E-state index in [1.54, 1.807) is 0 Å². The normalized spacial score (nSPS) is 29.4. The standard InChI is InChI=1S/C20H28N2O2/c23-18-20(24,10-5-13-22(18)14-16-6-4-7-16)15-21-19(11-12-19)17-8-2-1-3-9-17/h1-3,8-9,16,21,24H,4-7,10-15H2. The summed E-state index contributed by atoms with van der Waals surface area (Å²) in [6.07, 6.45) is 7.38. The zero-order chi connectivity index (χ0) is 16.6. The van der Waals surface area contributed by atoms with Gasteiger partial charge in [0.15, 0.2) is 5.60 Å². The van der Waals surface area contributed by atoms with Crippen LogP contribution in [0, 0.1) is 5.92 Å². The second-order valence-electron chi connectivity index (χ2n) is 7.98. The molecule has 3 aliphatic rings. The fourth-order valence-electron chi connectivity index (χ4n) is 4.16. The smallest absolute Gasteiger partial charge is 0.255 e. The van der Waals surface area contributed by atoms with Crippen LogP contribution in [0.25, 0.3) is 0 Å². The molecule has 4 heteroatoms. The minimum absolute atomic E-state index is 0.0342. The molecule has 1 atom stereocenters. The number of likely N-dealkylation sites (tertiary alicyclic amines) is 1. The summed E-state index contributed by atoms with van der Waals surface area (Å²) in [5.41, 5.74) is 0.00283. The van der Waals surface area contributed by atoms with Crippen molar-refractivity contribution in [3.63, 3.8) is 0 Å². The van der Waals surface area contributed by atoms with Crippen molar-refractivity contribution in [1.29, 1.82) is 0 Å². The van der Waals surface area contributed by atoms with Crippen LogP contribution >= 0.6 is 0 Å². The van der Waals surface area contributed by atoms with Crippen LogP contribution < -0.4 is 5.32 Å². The zero-order valence-electron chi connectivity index (χ0n) is 14.3. The van der Waals surface area contributed by atoms with E-state index in [0.29, 0.717) is 18.9 Å². The van der Waals surface area contributed by atoms with E-state index in [2.05, 4.69) is 29.6 Å². The highest BCUT2D eigenvalue weighted by Gasteiger charge is 2.48. The van der Waals surface area contributed by atoms with Crippen LogP contribution in [0.5, 0.6) is 0 Å². The van der Waals surface area contributed by atoms with Gasteiger partial charge in [0.05, 0.1) is 0 Å². The van der Waals surface area contributed by atoms with Gasteiger partial charge in [-0.3, -0.25) is 4.79 Å². The summed E-state index contributed by atoms with van der Waals surface area (Å²) < 4.78 is 0. The SMILES string of the molecule is O=C1N(CC2CCC2)CCCC1(O)CNC1(c2ccccc2)CC1. The third-order valence-electron chi connectivity index (χ3n) is 6.20. The van der Waals surface area contributed by atoms with E-state index in [1.165, 1.54) is 24.8 Å². The predicted molar refractivity (Wildman–Crippen MR) is 93.5 cm³/mol. The minimum atomic E-state index is -1.23. The number of carbonyl (C=O) groups is 1. The summed E-state index contributed by atoms with van der Waals surface area (Å²) in [5, 5.41) is 14.5. The number of hydrogen-bond acceptors (Lipinski definition) is 3. The lowest BCUT2D eigenvalue weighted by atomic mass is 9.83. The van der Waals surface area contributed by atoms with E-state index in [0.717, 1.165) is 32.4 Å². The molecule has 0 spiro atoms. The van der Waals surface area contributed by atoms with Crippen molar-refractivity contribution < 1.29 is 9.90 Å². The largest absolute Gasteiger partial charge is 0.379 e. The van der Waals surface area contributed by atoms with Crippen molar-refractivity contribution in [2.75, 3.05) is 19.6 Å². The number of nitrogens with zero attached hydrogens (tertiary/aromatic N) is 1. The van der Waals surface area contributed by atoms with Gasteiger partial charge in [-0.25, -0.2) is 0 Å². The molecule has 0 bridgehead atoms. The van der Waals surface area contributed by atoms with E-state index in [1.807, 2.05) is 11.0 Å². The van der Waals surface area contributed by atoms with E-state index in [4.69, 9.17) is 0 Å². The Hall–Kier alpha value is -1.39. The molecule has 4 rings (SSSR count). The van der Waals surface area contributed by atoms with Crippen LogP contribution in [0.15, 0.2) is 30.3 Å². The van der Waals surface area contributed by atoms with Gasteiger partial charge in [0.2, 0.25) is 0 Å². The molecule has 1 saturated heterocycles. The first-order valence-electron chi connectivity index (χ1n) is 9.44. The van der Waals surface area contributed by atoms with E-state index >= 15 is 0 Å². The Morgan fingerprint density at radius 2 is 1.88 bits per heavy atom. The summed E-state index contributed by atoms with van der Waals surface area (Å²) in [7, 11) is 0. The molecule has 2 saturated carbocycles. The summed E-state index contributed by atoms with van der Waals surface area (Å²) in [5.74, 6) is 0.598. The molecule has 1 amide bonds. The van der Waals surface area contributed by atoms with Crippen LogP contribution in [-0.2, 0) is 10.3 Å². The number of aliphatic hydroxyl groups is 1. The Kier molecular flexibility index (Phi) is 4.13. The average Bonchev–Trinajstić information content (AvgIpc) is 3.35. The minimum Gasteiger partial charge on any atom is -0.379 e. The zero-order valence-corrected chi connectivity index (χ0v) is 14.3. The molecule has 3 fully saturated rings. The average molecular weight is 328 g/mol. The molecule has 1 aliphatic heterocycles. The first kappa shape index (κ1) is 16.1. The van der Waals surface area contributed by atoms with Crippen molar-refractivity contribution in [2.45, 2.75) is 56.1 Å². The number of piperidine rings is 1. The van der Waals surface area contributed by atoms with Gasteiger partial charge in [-0.05, 0) is 50.0 Å². The van der Waals surface area contributed by atoms with Crippen LogP contribution in [0.4, 0.5) is 0 Å². The van der Waals surface area contributed by atoms with Gasteiger partial charge in [0, 0.05) is 25.2 Å². The summed E-state index contributed by atoms with van der Waals surface area (Å²) in [6.45, 7) is 2.01. The number of carbonyl (C=O) groups excluding carboxylic acids is 1. The highest BCUT2D eigenvalue weighted by atomic mass is 16.3. The maximum Gasteiger partial charge on any atom is 0.255 e. The molecule has 24 heavy (non-hydrogen) atoms. The second-order valence-corrected chi connectivity index (χ2v) is 7.98. The number of amides is 1. The Labute approximate surface area is 144 Å². The summed E-state index contributed by atoms with van der Waals surface area (Å²) in [4.78, 5) is 14.7. The van der Waals surface area contributed by atoms with Gasteiger partial charge in [-0.1, -0.05) is 36.8 Å². The molecule has 4 nitrogen and oxygen atoms in total. The van der Waals surface area contributed by atoms with Crippen molar-refractivity contribution >= 4 is 5.91 Å². The molecule has 0 aromatic heterocycles. The predicted octanol–water partition coefficient (Wildman–Crippen LogP) is 2.42. The monoisotopic (exact) mass is 328 g/mol. The molecule has 0 radical (unpaired) electrons. The van der Waals surface area contributed by atoms with E-state index in [9.17, 15) is 9.90 Å². The molecular formula is C20H28N2O2. The lowest BCUT2D eigenvalue weighted by Gasteiger charge is -2.41. The van der Waals surface area contributed by atoms with Crippen molar-refractivity contribution in [3.8, 4) is 0 Å². The van der Waals surface area contributed by atoms with Crippen LogP contribution in [0.2, 0.25) is 0 Å². The fourth-order valence-corrected chi connectivity index (χ4v) is 4.16. The molecular weight excluding hydrogens is 300 g/mol. The Morgan fingerprint density at radius 3 is 2.50 bits per heavy atom. The molecule has 1 aromatic rings. The van der Waals surface area contributed by atoms with E-state index < -0.39 is 5.60 Å². The topological polar surface area (TPSA) is 52.6 Å². The molecule has 2 aliphatic carbocycles. The third-order valence-corrected chi connectivity index (χ3v) is 6.20. The lowest BCUT2D eigenvalue weighted by molar-refractivity contribution is -0.158. The molecule has 2 N–H and O–H groups in total. The van der Waals surface area contributed by atoms with Gasteiger partial charge in [-0.2, -0.15) is 0 Å². The summed E-state index contributed by atoms with van der Waals surface area (Å²) >= 11 is 0. The number of rotatable bonds is 6. The fraction of sp³-hybridized carbons (Fsp3) is 0.650. The van der Waals surface area contributed by atoms with Gasteiger partial charge < -0.3 is 15.3 Å². The van der Waals surface area contributed by atoms with Crippen molar-refractivity contribution in [1.82, 2.24) is 10.2 Å². The van der Waals surface area contributed by atoms with Gasteiger partial charge in [-0.15, -0.1) is 0 Å². The second kappa shape index (κ2) is 6.16. The van der Waals surface area contributed by atoms with Crippen LogP contribution in [-0.4, -0.2) is 41.1 Å². The number of benzene rings is 1. The number of nitrogens with one attached hydrogen (secondary N) is 1.